The molecule has 0 spiro atoms. The molecular formula is C22H15BrClF3N4O2. The van der Waals surface area contributed by atoms with Gasteiger partial charge in [-0.2, -0.15) is 13.2 Å². The number of imidazole rings is 1. The molecule has 1 aromatic carbocycles. The van der Waals surface area contributed by atoms with Crippen LogP contribution < -0.4 is 9.47 Å². The Kier molecular flexibility index (Phi) is 6.57. The summed E-state index contributed by atoms with van der Waals surface area (Å²) in [5.74, 6) is 1.56. The number of benzene rings is 1. The van der Waals surface area contributed by atoms with E-state index in [0.717, 1.165) is 17.8 Å². The Morgan fingerprint density at radius 1 is 1.06 bits per heavy atom. The van der Waals surface area contributed by atoms with Crippen LogP contribution in [0.4, 0.5) is 13.2 Å². The monoisotopic (exact) mass is 538 g/mol. The maximum Gasteiger partial charge on any atom is 0.417 e. The number of pyridine rings is 2. The highest BCUT2D eigenvalue weighted by molar-refractivity contribution is 9.10. The average molecular weight is 540 g/mol. The Morgan fingerprint density at radius 2 is 1.88 bits per heavy atom. The van der Waals surface area contributed by atoms with Crippen LogP contribution in [0.5, 0.6) is 11.5 Å². The van der Waals surface area contributed by atoms with Gasteiger partial charge in [0.2, 0.25) is 0 Å². The lowest BCUT2D eigenvalue weighted by Gasteiger charge is -2.11. The number of alkyl halides is 3. The fourth-order valence-electron chi connectivity index (χ4n) is 2.97. The molecule has 0 aliphatic carbocycles. The Balaban J connectivity index is 1.53. The van der Waals surface area contributed by atoms with Gasteiger partial charge in [0.1, 0.15) is 39.4 Å². The number of methoxy groups -OCH3 is 1. The molecule has 0 bridgehead atoms. The van der Waals surface area contributed by atoms with E-state index in [2.05, 4.69) is 35.9 Å². The van der Waals surface area contributed by atoms with Crippen molar-refractivity contribution < 1.29 is 22.6 Å². The first-order valence-electron chi connectivity index (χ1n) is 9.45. The first-order chi connectivity index (χ1) is 15.7. The highest BCUT2D eigenvalue weighted by Gasteiger charge is 2.30. The topological polar surface area (TPSA) is 72.9 Å². The van der Waals surface area contributed by atoms with Gasteiger partial charge in [0.15, 0.2) is 0 Å². The SMILES string of the molecule is COc1cc(OCc2ccc(C(F)(F)F)cn2)ccc1-c1nc(-c2ccc(Cl)nc2)[nH]c1Br. The number of hydrogen-bond donors (Lipinski definition) is 1. The first kappa shape index (κ1) is 23.1. The average Bonchev–Trinajstić information content (AvgIpc) is 3.19. The third-order valence-corrected chi connectivity index (χ3v) is 5.42. The molecule has 6 nitrogen and oxygen atoms in total. The predicted molar refractivity (Wildman–Crippen MR) is 120 cm³/mol. The predicted octanol–water partition coefficient (Wildman–Crippen LogP) is 6.56. The molecule has 0 aliphatic heterocycles. The van der Waals surface area contributed by atoms with Crippen molar-refractivity contribution in [1.82, 2.24) is 19.9 Å². The van der Waals surface area contributed by atoms with E-state index in [9.17, 15) is 13.2 Å². The third kappa shape index (κ3) is 5.28. The third-order valence-electron chi connectivity index (χ3n) is 4.63. The Morgan fingerprint density at radius 3 is 2.52 bits per heavy atom. The van der Waals surface area contributed by atoms with Crippen molar-refractivity contribution in [2.24, 2.45) is 0 Å². The number of halogens is 5. The molecule has 0 aliphatic rings. The van der Waals surface area contributed by atoms with Gasteiger partial charge in [-0.25, -0.2) is 9.97 Å². The maximum absolute atomic E-state index is 12.7. The second kappa shape index (κ2) is 9.40. The summed E-state index contributed by atoms with van der Waals surface area (Å²) in [6.45, 7) is 0.000449. The molecule has 3 heterocycles. The van der Waals surface area contributed by atoms with E-state index in [1.807, 2.05) is 0 Å². The van der Waals surface area contributed by atoms with Crippen molar-refractivity contribution >= 4 is 27.5 Å². The number of rotatable bonds is 6. The van der Waals surface area contributed by atoms with Crippen LogP contribution in [0.1, 0.15) is 11.3 Å². The quantitative estimate of drug-likeness (QED) is 0.281. The van der Waals surface area contributed by atoms with E-state index in [4.69, 9.17) is 21.1 Å². The fourth-order valence-corrected chi connectivity index (χ4v) is 3.58. The maximum atomic E-state index is 12.7. The molecule has 0 saturated heterocycles. The molecule has 0 radical (unpaired) electrons. The van der Waals surface area contributed by atoms with Crippen molar-refractivity contribution in [3.63, 3.8) is 0 Å². The standard InChI is InChI=1S/C22H15BrClF3N4O2/c1-32-17-8-15(33-11-14-4-3-13(10-28-14)22(25,26)27)5-6-16(17)19-20(23)31-21(30-19)12-2-7-18(24)29-9-12/h2-10H,11H2,1H3,(H,30,31). The van der Waals surface area contributed by atoms with Crippen LogP contribution in [0.15, 0.2) is 59.5 Å². The number of H-pyrrole nitrogens is 1. The molecule has 4 rings (SSSR count). The zero-order valence-electron chi connectivity index (χ0n) is 17.0. The van der Waals surface area contributed by atoms with Crippen LogP contribution in [0.2, 0.25) is 5.15 Å². The highest BCUT2D eigenvalue weighted by Crippen LogP contribution is 2.37. The van der Waals surface area contributed by atoms with Crippen LogP contribution in [0, 0.1) is 0 Å². The van der Waals surface area contributed by atoms with E-state index in [1.165, 1.54) is 13.2 Å². The minimum absolute atomic E-state index is 0.000449. The van der Waals surface area contributed by atoms with Gasteiger partial charge in [0.05, 0.1) is 18.4 Å². The van der Waals surface area contributed by atoms with Gasteiger partial charge < -0.3 is 14.5 Å². The van der Waals surface area contributed by atoms with Gasteiger partial charge in [-0.05, 0) is 52.3 Å². The number of aromatic nitrogens is 4. The van der Waals surface area contributed by atoms with Crippen molar-refractivity contribution in [2.75, 3.05) is 7.11 Å². The number of nitrogens with zero attached hydrogens (tertiary/aromatic N) is 3. The molecule has 4 aromatic rings. The van der Waals surface area contributed by atoms with E-state index < -0.39 is 11.7 Å². The summed E-state index contributed by atoms with van der Waals surface area (Å²) in [7, 11) is 1.52. The molecule has 170 valence electrons. The second-order valence-electron chi connectivity index (χ2n) is 6.80. The summed E-state index contributed by atoms with van der Waals surface area (Å²) in [5.41, 5.74) is 1.63. The van der Waals surface area contributed by atoms with Crippen LogP contribution >= 0.6 is 27.5 Å². The van der Waals surface area contributed by atoms with E-state index in [1.54, 1.807) is 36.5 Å². The first-order valence-corrected chi connectivity index (χ1v) is 10.6. The van der Waals surface area contributed by atoms with Crippen LogP contribution in [0.25, 0.3) is 22.6 Å². The Labute approximate surface area is 199 Å². The summed E-state index contributed by atoms with van der Waals surface area (Å²) in [4.78, 5) is 15.7. The van der Waals surface area contributed by atoms with Crippen LogP contribution in [0.3, 0.4) is 0 Å². The summed E-state index contributed by atoms with van der Waals surface area (Å²) in [6.07, 6.45) is -2.04. The molecule has 0 amide bonds. The van der Waals surface area contributed by atoms with Crippen molar-refractivity contribution in [2.45, 2.75) is 12.8 Å². The minimum Gasteiger partial charge on any atom is -0.496 e. The summed E-state index contributed by atoms with van der Waals surface area (Å²) >= 11 is 9.34. The van der Waals surface area contributed by atoms with Gasteiger partial charge in [-0.1, -0.05) is 11.6 Å². The molecule has 0 fully saturated rings. The highest BCUT2D eigenvalue weighted by atomic mass is 79.9. The van der Waals surface area contributed by atoms with Gasteiger partial charge in [0.25, 0.3) is 0 Å². The van der Waals surface area contributed by atoms with E-state index in [-0.39, 0.29) is 6.61 Å². The number of aromatic amines is 1. The number of nitrogens with one attached hydrogen (secondary N) is 1. The van der Waals surface area contributed by atoms with Crippen molar-refractivity contribution in [3.8, 4) is 34.1 Å². The molecule has 1 N–H and O–H groups in total. The zero-order valence-corrected chi connectivity index (χ0v) is 19.3. The molecule has 0 atom stereocenters. The lowest BCUT2D eigenvalue weighted by Crippen LogP contribution is -2.06. The molecule has 0 saturated carbocycles. The molecule has 33 heavy (non-hydrogen) atoms. The van der Waals surface area contributed by atoms with E-state index in [0.29, 0.717) is 44.0 Å². The Hall–Kier alpha value is -3.11. The minimum atomic E-state index is -4.43. The summed E-state index contributed by atoms with van der Waals surface area (Å²) < 4.78 is 49.8. The zero-order chi connectivity index (χ0) is 23.6. The lowest BCUT2D eigenvalue weighted by atomic mass is 10.1. The summed E-state index contributed by atoms with van der Waals surface area (Å²) in [6, 6.07) is 10.9. The normalized spacial score (nSPS) is 11.5. The van der Waals surface area contributed by atoms with Gasteiger partial charge in [0, 0.05) is 29.6 Å². The fraction of sp³-hybridized carbons (Fsp3) is 0.136. The molecule has 0 unspecified atom stereocenters. The second-order valence-corrected chi connectivity index (χ2v) is 7.98. The van der Waals surface area contributed by atoms with Crippen molar-refractivity contribution in [1.29, 1.82) is 0 Å². The van der Waals surface area contributed by atoms with Crippen molar-refractivity contribution in [3.05, 3.63) is 75.9 Å². The summed E-state index contributed by atoms with van der Waals surface area (Å²) in [5, 5.41) is 0.383. The lowest BCUT2D eigenvalue weighted by molar-refractivity contribution is -0.137. The molecule has 3 aromatic heterocycles. The van der Waals surface area contributed by atoms with E-state index >= 15 is 0 Å². The molecular weight excluding hydrogens is 525 g/mol. The number of ether oxygens (including phenoxy) is 2. The molecule has 11 heteroatoms. The van der Waals surface area contributed by atoms with Gasteiger partial charge in [-0.15, -0.1) is 0 Å². The van der Waals surface area contributed by atoms with Gasteiger partial charge in [-0.3, -0.25) is 4.98 Å². The smallest absolute Gasteiger partial charge is 0.417 e. The van der Waals surface area contributed by atoms with Gasteiger partial charge >= 0.3 is 6.18 Å². The van der Waals surface area contributed by atoms with Crippen LogP contribution in [-0.2, 0) is 12.8 Å². The van der Waals surface area contributed by atoms with Crippen LogP contribution in [-0.4, -0.2) is 27.0 Å². The number of hydrogen-bond acceptors (Lipinski definition) is 5. The largest absolute Gasteiger partial charge is 0.496 e. The Bertz CT molecular complexity index is 1260.